The molecular weight excluding hydrogens is 322 g/mol. The predicted molar refractivity (Wildman–Crippen MR) is 96.6 cm³/mol. The highest BCUT2D eigenvalue weighted by molar-refractivity contribution is 7.89. The minimum absolute atomic E-state index is 0.0777. The monoisotopic (exact) mass is 347 g/mol. The van der Waals surface area contributed by atoms with Crippen LogP contribution in [-0.4, -0.2) is 26.2 Å². The van der Waals surface area contributed by atoms with Gasteiger partial charge in [0.1, 0.15) is 0 Å². The summed E-state index contributed by atoms with van der Waals surface area (Å²) >= 11 is 0. The molecule has 0 aliphatic carbocycles. The fourth-order valence-electron chi connectivity index (χ4n) is 2.76. The van der Waals surface area contributed by atoms with Crippen LogP contribution in [0.1, 0.15) is 36.0 Å². The molecule has 130 valence electrons. The summed E-state index contributed by atoms with van der Waals surface area (Å²) in [5, 5.41) is 9.73. The van der Waals surface area contributed by atoms with E-state index < -0.39 is 16.1 Å². The lowest BCUT2D eigenvalue weighted by molar-refractivity contribution is 0.174. The van der Waals surface area contributed by atoms with E-state index in [1.54, 1.807) is 19.9 Å². The van der Waals surface area contributed by atoms with Crippen LogP contribution in [0.2, 0.25) is 0 Å². The molecule has 0 saturated carbocycles. The van der Waals surface area contributed by atoms with Crippen LogP contribution < -0.4 is 4.72 Å². The number of rotatable bonds is 7. The Morgan fingerprint density at radius 2 is 1.75 bits per heavy atom. The third kappa shape index (κ3) is 4.90. The maximum atomic E-state index is 12.7. The Hall–Kier alpha value is -1.69. The quantitative estimate of drug-likeness (QED) is 0.809. The molecule has 0 radical (unpaired) electrons. The van der Waals surface area contributed by atoms with Gasteiger partial charge in [0.25, 0.3) is 0 Å². The molecule has 24 heavy (non-hydrogen) atoms. The Morgan fingerprint density at radius 1 is 1.08 bits per heavy atom. The zero-order valence-corrected chi connectivity index (χ0v) is 15.2. The molecule has 0 aliphatic rings. The number of sulfonamides is 1. The molecular formula is C19H25NO3S. The third-order valence-electron chi connectivity index (χ3n) is 4.05. The van der Waals surface area contributed by atoms with E-state index in [4.69, 9.17) is 0 Å². The van der Waals surface area contributed by atoms with E-state index in [-0.39, 0.29) is 12.5 Å². The van der Waals surface area contributed by atoms with Crippen molar-refractivity contribution in [2.45, 2.75) is 44.1 Å². The van der Waals surface area contributed by atoms with Gasteiger partial charge in [0.15, 0.2) is 0 Å². The van der Waals surface area contributed by atoms with Gasteiger partial charge in [-0.05, 0) is 55.9 Å². The fraction of sp³-hybridized carbons (Fsp3) is 0.368. The summed E-state index contributed by atoms with van der Waals surface area (Å²) in [6, 6.07) is 15.1. The van der Waals surface area contributed by atoms with Crippen LogP contribution >= 0.6 is 0 Å². The molecule has 0 bridgehead atoms. The minimum atomic E-state index is -3.58. The lowest BCUT2D eigenvalue weighted by Crippen LogP contribution is -2.30. The molecule has 2 unspecified atom stereocenters. The zero-order chi connectivity index (χ0) is 17.7. The molecule has 2 aromatic carbocycles. The second-order valence-corrected chi connectivity index (χ2v) is 8.05. The van der Waals surface area contributed by atoms with Crippen molar-refractivity contribution in [3.8, 4) is 0 Å². The zero-order valence-electron chi connectivity index (χ0n) is 14.4. The Morgan fingerprint density at radius 3 is 2.38 bits per heavy atom. The molecule has 2 atom stereocenters. The first kappa shape index (κ1) is 18.6. The van der Waals surface area contributed by atoms with Gasteiger partial charge >= 0.3 is 0 Å². The van der Waals surface area contributed by atoms with Crippen molar-refractivity contribution < 1.29 is 13.5 Å². The fourth-order valence-corrected chi connectivity index (χ4v) is 4.17. The number of hydrogen-bond acceptors (Lipinski definition) is 3. The van der Waals surface area contributed by atoms with Crippen molar-refractivity contribution in [1.82, 2.24) is 4.72 Å². The first-order valence-electron chi connectivity index (χ1n) is 8.09. The van der Waals surface area contributed by atoms with Gasteiger partial charge in [0, 0.05) is 6.54 Å². The van der Waals surface area contributed by atoms with Crippen LogP contribution in [0, 0.1) is 13.8 Å². The Kier molecular flexibility index (Phi) is 6.15. The average molecular weight is 347 g/mol. The largest absolute Gasteiger partial charge is 0.393 e. The number of nitrogens with one attached hydrogen (secondary N) is 1. The van der Waals surface area contributed by atoms with Crippen molar-refractivity contribution in [3.63, 3.8) is 0 Å². The van der Waals surface area contributed by atoms with Gasteiger partial charge in [-0.1, -0.05) is 42.5 Å². The molecule has 0 amide bonds. The van der Waals surface area contributed by atoms with Gasteiger partial charge in [-0.15, -0.1) is 0 Å². The van der Waals surface area contributed by atoms with E-state index in [1.165, 1.54) is 0 Å². The average Bonchev–Trinajstić information content (AvgIpc) is 2.54. The first-order chi connectivity index (χ1) is 11.3. The van der Waals surface area contributed by atoms with Gasteiger partial charge in [0.2, 0.25) is 10.0 Å². The van der Waals surface area contributed by atoms with E-state index in [0.29, 0.717) is 11.3 Å². The number of aliphatic hydroxyl groups is 1. The van der Waals surface area contributed by atoms with E-state index in [0.717, 1.165) is 16.7 Å². The molecule has 0 fully saturated rings. The van der Waals surface area contributed by atoms with Crippen molar-refractivity contribution in [2.24, 2.45) is 0 Å². The van der Waals surface area contributed by atoms with Gasteiger partial charge < -0.3 is 5.11 Å². The normalized spacial score (nSPS) is 14.3. The van der Waals surface area contributed by atoms with Gasteiger partial charge in [-0.2, -0.15) is 0 Å². The van der Waals surface area contributed by atoms with Crippen molar-refractivity contribution in [2.75, 3.05) is 6.54 Å². The van der Waals surface area contributed by atoms with Crippen molar-refractivity contribution in [1.29, 1.82) is 0 Å². The Labute approximate surface area is 144 Å². The number of benzene rings is 2. The van der Waals surface area contributed by atoms with Crippen molar-refractivity contribution >= 4 is 10.0 Å². The van der Waals surface area contributed by atoms with Crippen LogP contribution in [0.5, 0.6) is 0 Å². The van der Waals surface area contributed by atoms with Crippen LogP contribution in [0.15, 0.2) is 53.4 Å². The molecule has 2 rings (SSSR count). The molecule has 0 heterocycles. The summed E-state index contributed by atoms with van der Waals surface area (Å²) in [6.07, 6.45) is -0.000277. The summed E-state index contributed by atoms with van der Waals surface area (Å²) in [5.41, 5.74) is 2.64. The SMILES string of the molecule is Cc1ccc(C)c(S(=O)(=O)NCC(CC(C)O)c2ccccc2)c1. The highest BCUT2D eigenvalue weighted by Gasteiger charge is 2.21. The van der Waals surface area contributed by atoms with E-state index in [2.05, 4.69) is 4.72 Å². The summed E-state index contributed by atoms with van der Waals surface area (Å²) < 4.78 is 28.0. The number of aryl methyl sites for hydroxylation is 2. The van der Waals surface area contributed by atoms with Gasteiger partial charge in [-0.25, -0.2) is 13.1 Å². The molecule has 0 saturated heterocycles. The highest BCUT2D eigenvalue weighted by Crippen LogP contribution is 2.22. The van der Waals surface area contributed by atoms with Crippen molar-refractivity contribution in [3.05, 3.63) is 65.2 Å². The van der Waals surface area contributed by atoms with E-state index >= 15 is 0 Å². The lowest BCUT2D eigenvalue weighted by atomic mass is 9.94. The smallest absolute Gasteiger partial charge is 0.240 e. The molecule has 0 spiro atoms. The predicted octanol–water partition coefficient (Wildman–Crippen LogP) is 3.14. The summed E-state index contributed by atoms with van der Waals surface area (Å²) in [4.78, 5) is 0.311. The maximum Gasteiger partial charge on any atom is 0.240 e. The number of hydrogen-bond donors (Lipinski definition) is 2. The minimum Gasteiger partial charge on any atom is -0.393 e. The molecule has 0 aromatic heterocycles. The molecule has 2 N–H and O–H groups in total. The third-order valence-corrected chi connectivity index (χ3v) is 5.62. The first-order valence-corrected chi connectivity index (χ1v) is 9.58. The highest BCUT2D eigenvalue weighted by atomic mass is 32.2. The summed E-state index contributed by atoms with van der Waals surface area (Å²) in [6.45, 7) is 5.64. The summed E-state index contributed by atoms with van der Waals surface area (Å²) in [7, 11) is -3.58. The van der Waals surface area contributed by atoms with Gasteiger partial charge in [0.05, 0.1) is 11.0 Å². The van der Waals surface area contributed by atoms with Crippen LogP contribution in [0.4, 0.5) is 0 Å². The van der Waals surface area contributed by atoms with Gasteiger partial charge in [-0.3, -0.25) is 0 Å². The standard InChI is InChI=1S/C19H25NO3S/c1-14-9-10-15(2)19(11-14)24(22,23)20-13-18(12-16(3)21)17-7-5-4-6-8-17/h4-11,16,18,20-21H,12-13H2,1-3H3. The van der Waals surface area contributed by atoms with Crippen LogP contribution in [0.3, 0.4) is 0 Å². The van der Waals surface area contributed by atoms with E-state index in [1.807, 2.05) is 49.4 Å². The van der Waals surface area contributed by atoms with Crippen LogP contribution in [-0.2, 0) is 10.0 Å². The molecule has 4 nitrogen and oxygen atoms in total. The molecule has 5 heteroatoms. The summed E-state index contributed by atoms with van der Waals surface area (Å²) in [5.74, 6) is -0.0777. The number of aliphatic hydroxyl groups excluding tert-OH is 1. The maximum absolute atomic E-state index is 12.7. The second-order valence-electron chi connectivity index (χ2n) is 6.31. The Balaban J connectivity index is 2.20. The van der Waals surface area contributed by atoms with Crippen LogP contribution in [0.25, 0.3) is 0 Å². The topological polar surface area (TPSA) is 66.4 Å². The Bertz CT molecular complexity index is 770. The second kappa shape index (κ2) is 7.92. The molecule has 0 aliphatic heterocycles. The lowest BCUT2D eigenvalue weighted by Gasteiger charge is -2.20. The molecule has 2 aromatic rings. The van der Waals surface area contributed by atoms with E-state index in [9.17, 15) is 13.5 Å².